The van der Waals surface area contributed by atoms with Gasteiger partial charge in [0.2, 0.25) is 0 Å². The molecule has 0 unspecified atom stereocenters. The Bertz CT molecular complexity index is 1130. The minimum Gasteiger partial charge on any atom is -0.496 e. The standard InChI is InChI=1S/C20H16O4/c1-11-10-23-19-12(2)20-16(8-14(11)19)15(9-18(21)24-20)13-6-4-5-7-17(13)22-3/h4-10H,1-3H3. The summed E-state index contributed by atoms with van der Waals surface area (Å²) in [6.45, 7) is 3.90. The molecule has 4 aromatic rings. The van der Waals surface area contributed by atoms with Crippen LogP contribution < -0.4 is 10.4 Å². The largest absolute Gasteiger partial charge is 0.496 e. The minimum atomic E-state index is -0.394. The van der Waals surface area contributed by atoms with Crippen molar-refractivity contribution in [3.05, 3.63) is 64.2 Å². The Balaban J connectivity index is 2.20. The number of methoxy groups -OCH3 is 1. The summed E-state index contributed by atoms with van der Waals surface area (Å²) in [6.07, 6.45) is 1.72. The second-order valence-electron chi connectivity index (χ2n) is 5.85. The molecule has 2 aromatic heterocycles. The van der Waals surface area contributed by atoms with Crippen LogP contribution in [0, 0.1) is 13.8 Å². The molecule has 0 aliphatic heterocycles. The summed E-state index contributed by atoms with van der Waals surface area (Å²) >= 11 is 0. The van der Waals surface area contributed by atoms with E-state index in [4.69, 9.17) is 13.6 Å². The van der Waals surface area contributed by atoms with Crippen LogP contribution in [0.1, 0.15) is 11.1 Å². The van der Waals surface area contributed by atoms with Gasteiger partial charge in [0.05, 0.1) is 13.4 Å². The van der Waals surface area contributed by atoms with Gasteiger partial charge in [0.15, 0.2) is 0 Å². The number of fused-ring (bicyclic) bond motifs is 2. The molecule has 2 aromatic carbocycles. The highest BCUT2D eigenvalue weighted by Gasteiger charge is 2.17. The summed E-state index contributed by atoms with van der Waals surface area (Å²) in [7, 11) is 1.62. The first-order valence-corrected chi connectivity index (χ1v) is 7.69. The second kappa shape index (κ2) is 5.27. The smallest absolute Gasteiger partial charge is 0.336 e. The van der Waals surface area contributed by atoms with E-state index in [-0.39, 0.29) is 0 Å². The SMILES string of the molecule is COc1ccccc1-c1cc(=O)oc2c(C)c3occ(C)c3cc12. The lowest BCUT2D eigenvalue weighted by Gasteiger charge is -2.11. The van der Waals surface area contributed by atoms with Gasteiger partial charge < -0.3 is 13.6 Å². The fraction of sp³-hybridized carbons (Fsp3) is 0.150. The van der Waals surface area contributed by atoms with Crippen molar-refractivity contribution < 1.29 is 13.6 Å². The van der Waals surface area contributed by atoms with Crippen molar-refractivity contribution >= 4 is 21.9 Å². The molecule has 0 saturated carbocycles. The zero-order chi connectivity index (χ0) is 16.8. The Hall–Kier alpha value is -3.01. The van der Waals surface area contributed by atoms with Gasteiger partial charge in [0.1, 0.15) is 16.9 Å². The molecule has 0 radical (unpaired) electrons. The normalized spacial score (nSPS) is 11.3. The van der Waals surface area contributed by atoms with E-state index < -0.39 is 5.63 Å². The van der Waals surface area contributed by atoms with Gasteiger partial charge in [-0.2, -0.15) is 0 Å². The maximum absolute atomic E-state index is 12.1. The first-order chi connectivity index (χ1) is 11.6. The lowest BCUT2D eigenvalue weighted by Crippen LogP contribution is -2.00. The van der Waals surface area contributed by atoms with E-state index in [9.17, 15) is 4.79 Å². The van der Waals surface area contributed by atoms with Crippen molar-refractivity contribution in [3.8, 4) is 16.9 Å². The molecule has 0 bridgehead atoms. The van der Waals surface area contributed by atoms with Crippen molar-refractivity contribution in [1.82, 2.24) is 0 Å². The third-order valence-electron chi connectivity index (χ3n) is 4.39. The van der Waals surface area contributed by atoms with Crippen LogP contribution >= 0.6 is 0 Å². The molecule has 0 aliphatic rings. The van der Waals surface area contributed by atoms with Gasteiger partial charge in [0.25, 0.3) is 0 Å². The van der Waals surface area contributed by atoms with Gasteiger partial charge in [-0.3, -0.25) is 0 Å². The van der Waals surface area contributed by atoms with E-state index in [2.05, 4.69) is 0 Å². The molecule has 2 heterocycles. The van der Waals surface area contributed by atoms with Gasteiger partial charge in [-0.15, -0.1) is 0 Å². The summed E-state index contributed by atoms with van der Waals surface area (Å²) in [5.41, 5.74) is 4.43. The lowest BCUT2D eigenvalue weighted by molar-refractivity contribution is 0.416. The zero-order valence-electron chi connectivity index (χ0n) is 13.7. The fourth-order valence-electron chi connectivity index (χ4n) is 3.19. The van der Waals surface area contributed by atoms with Gasteiger partial charge in [-0.25, -0.2) is 4.79 Å². The first kappa shape index (κ1) is 14.6. The second-order valence-corrected chi connectivity index (χ2v) is 5.85. The van der Waals surface area contributed by atoms with E-state index in [1.165, 1.54) is 6.07 Å². The van der Waals surface area contributed by atoms with Crippen LogP contribution in [0.2, 0.25) is 0 Å². The van der Waals surface area contributed by atoms with E-state index in [0.29, 0.717) is 11.3 Å². The van der Waals surface area contributed by atoms with Crippen LogP contribution in [0.5, 0.6) is 5.75 Å². The molecule has 0 fully saturated rings. The van der Waals surface area contributed by atoms with Gasteiger partial charge in [-0.05, 0) is 31.5 Å². The number of hydrogen-bond acceptors (Lipinski definition) is 4. The molecule has 0 atom stereocenters. The number of ether oxygens (including phenoxy) is 1. The number of para-hydroxylation sites is 1. The Morgan fingerprint density at radius 1 is 0.958 bits per heavy atom. The molecule has 0 amide bonds. The van der Waals surface area contributed by atoms with Crippen molar-refractivity contribution in [3.63, 3.8) is 0 Å². The predicted molar refractivity (Wildman–Crippen MR) is 93.7 cm³/mol. The van der Waals surface area contributed by atoms with Crippen LogP contribution in [-0.2, 0) is 0 Å². The maximum atomic E-state index is 12.1. The van der Waals surface area contributed by atoms with E-state index in [1.54, 1.807) is 13.4 Å². The number of furan rings is 1. The van der Waals surface area contributed by atoms with E-state index in [0.717, 1.165) is 38.6 Å². The molecular formula is C20H16O4. The summed E-state index contributed by atoms with van der Waals surface area (Å²) in [5, 5.41) is 1.89. The summed E-state index contributed by atoms with van der Waals surface area (Å²) in [4.78, 5) is 12.1. The van der Waals surface area contributed by atoms with Crippen LogP contribution in [0.4, 0.5) is 0 Å². The van der Waals surface area contributed by atoms with Gasteiger partial charge in [-0.1, -0.05) is 18.2 Å². The number of hydrogen-bond donors (Lipinski definition) is 0. The van der Waals surface area contributed by atoms with Gasteiger partial charge >= 0.3 is 5.63 Å². The Morgan fingerprint density at radius 3 is 2.54 bits per heavy atom. The van der Waals surface area contributed by atoms with Crippen molar-refractivity contribution in [1.29, 1.82) is 0 Å². The Morgan fingerprint density at radius 2 is 1.75 bits per heavy atom. The summed E-state index contributed by atoms with van der Waals surface area (Å²) in [5.74, 6) is 0.714. The molecule has 0 N–H and O–H groups in total. The van der Waals surface area contributed by atoms with Crippen molar-refractivity contribution in [2.75, 3.05) is 7.11 Å². The zero-order valence-corrected chi connectivity index (χ0v) is 13.7. The summed E-state index contributed by atoms with van der Waals surface area (Å²) < 4.78 is 16.6. The predicted octanol–water partition coefficient (Wildman–Crippen LogP) is 4.83. The third kappa shape index (κ3) is 2.03. The molecular weight excluding hydrogens is 304 g/mol. The molecule has 4 heteroatoms. The van der Waals surface area contributed by atoms with Crippen LogP contribution in [0.3, 0.4) is 0 Å². The van der Waals surface area contributed by atoms with Gasteiger partial charge in [0, 0.05) is 33.5 Å². The highest BCUT2D eigenvalue weighted by molar-refractivity contribution is 6.05. The fourth-order valence-corrected chi connectivity index (χ4v) is 3.19. The molecule has 24 heavy (non-hydrogen) atoms. The van der Waals surface area contributed by atoms with Crippen LogP contribution in [0.25, 0.3) is 33.1 Å². The molecule has 0 saturated heterocycles. The van der Waals surface area contributed by atoms with E-state index in [1.807, 2.05) is 44.2 Å². The Labute approximate surface area is 138 Å². The molecule has 4 nitrogen and oxygen atoms in total. The number of benzene rings is 2. The van der Waals surface area contributed by atoms with Crippen molar-refractivity contribution in [2.45, 2.75) is 13.8 Å². The third-order valence-corrected chi connectivity index (χ3v) is 4.39. The topological polar surface area (TPSA) is 52.6 Å². The highest BCUT2D eigenvalue weighted by atomic mass is 16.5. The maximum Gasteiger partial charge on any atom is 0.336 e. The van der Waals surface area contributed by atoms with Crippen LogP contribution in [0.15, 0.2) is 56.3 Å². The highest BCUT2D eigenvalue weighted by Crippen LogP contribution is 2.38. The average Bonchev–Trinajstić information content (AvgIpc) is 2.96. The lowest BCUT2D eigenvalue weighted by atomic mass is 9.97. The van der Waals surface area contributed by atoms with Crippen molar-refractivity contribution in [2.24, 2.45) is 0 Å². The average molecular weight is 320 g/mol. The first-order valence-electron chi connectivity index (χ1n) is 7.69. The van der Waals surface area contributed by atoms with Crippen LogP contribution in [-0.4, -0.2) is 7.11 Å². The monoisotopic (exact) mass is 320 g/mol. The molecule has 120 valence electrons. The Kier molecular flexibility index (Phi) is 3.20. The number of rotatable bonds is 2. The van der Waals surface area contributed by atoms with E-state index >= 15 is 0 Å². The quantitative estimate of drug-likeness (QED) is 0.496. The minimum absolute atomic E-state index is 0.394. The number of aryl methyl sites for hydroxylation is 2. The summed E-state index contributed by atoms with van der Waals surface area (Å²) in [6, 6.07) is 11.2. The molecule has 0 spiro atoms. The molecule has 4 rings (SSSR count). The molecule has 0 aliphatic carbocycles.